The molecule has 0 bridgehead atoms. The van der Waals surface area contributed by atoms with Crippen molar-refractivity contribution in [1.29, 1.82) is 0 Å². The average molecular weight is 382 g/mol. The topological polar surface area (TPSA) is 52.2 Å². The molecule has 0 N–H and O–H groups in total. The quantitative estimate of drug-likeness (QED) is 0.487. The monoisotopic (exact) mass is 382 g/mol. The van der Waals surface area contributed by atoms with Crippen LogP contribution in [0, 0.1) is 11.7 Å². The number of halogens is 1. The molecule has 0 unspecified atom stereocenters. The average Bonchev–Trinajstić information content (AvgIpc) is 3.08. The van der Waals surface area contributed by atoms with E-state index in [1.165, 1.54) is 23.9 Å². The third kappa shape index (κ3) is 3.35. The lowest BCUT2D eigenvalue weighted by Gasteiger charge is -2.12. The van der Waals surface area contributed by atoms with Gasteiger partial charge >= 0.3 is 0 Å². The maximum atomic E-state index is 13.1. The van der Waals surface area contributed by atoms with Gasteiger partial charge in [-0.05, 0) is 35.7 Å². The first kappa shape index (κ1) is 17.7. The van der Waals surface area contributed by atoms with E-state index < -0.39 is 0 Å². The Bertz CT molecular complexity index is 1160. The Balaban J connectivity index is 1.83. The molecule has 2 heterocycles. The van der Waals surface area contributed by atoms with Crippen LogP contribution in [0.25, 0.3) is 16.7 Å². The van der Waals surface area contributed by atoms with E-state index in [4.69, 9.17) is 0 Å². The summed E-state index contributed by atoms with van der Waals surface area (Å²) in [6.07, 6.45) is 0. The second-order valence-corrected chi connectivity index (χ2v) is 7.80. The summed E-state index contributed by atoms with van der Waals surface area (Å²) in [5, 5.41) is 9.99. The standard InChI is InChI=1S/C20H19FN4OS/c1-13(2)11-24-18(26)16-5-3-4-6-17(16)25-19(24)22-23-20(25)27-12-14-7-9-15(21)10-8-14/h3-10,13H,11-12H2,1-2H3. The van der Waals surface area contributed by atoms with E-state index in [1.807, 2.05) is 28.7 Å². The first-order valence-electron chi connectivity index (χ1n) is 8.78. The lowest BCUT2D eigenvalue weighted by molar-refractivity contribution is 0.517. The first-order valence-corrected chi connectivity index (χ1v) is 9.77. The van der Waals surface area contributed by atoms with Crippen LogP contribution in [-0.2, 0) is 12.3 Å². The third-order valence-corrected chi connectivity index (χ3v) is 5.31. The molecule has 138 valence electrons. The summed E-state index contributed by atoms with van der Waals surface area (Å²) in [4.78, 5) is 12.9. The zero-order valence-electron chi connectivity index (χ0n) is 15.1. The van der Waals surface area contributed by atoms with E-state index in [0.29, 0.717) is 34.5 Å². The largest absolute Gasteiger partial charge is 0.276 e. The number of nitrogens with zero attached hydrogens (tertiary/aromatic N) is 4. The Kier molecular flexibility index (Phi) is 4.70. The number of para-hydroxylation sites is 1. The van der Waals surface area contributed by atoms with Crippen LogP contribution in [0.15, 0.2) is 58.5 Å². The Hall–Kier alpha value is -2.67. The molecule has 0 fully saturated rings. The fraction of sp³-hybridized carbons (Fsp3) is 0.250. The zero-order chi connectivity index (χ0) is 19.0. The van der Waals surface area contributed by atoms with Gasteiger partial charge in [-0.15, -0.1) is 10.2 Å². The Morgan fingerprint density at radius 3 is 2.56 bits per heavy atom. The van der Waals surface area contributed by atoms with Crippen molar-refractivity contribution in [1.82, 2.24) is 19.2 Å². The van der Waals surface area contributed by atoms with Crippen LogP contribution in [0.5, 0.6) is 0 Å². The van der Waals surface area contributed by atoms with Crippen LogP contribution in [-0.4, -0.2) is 19.2 Å². The Morgan fingerprint density at radius 1 is 1.07 bits per heavy atom. The molecular formula is C20H19FN4OS. The van der Waals surface area contributed by atoms with Gasteiger partial charge in [-0.3, -0.25) is 13.8 Å². The minimum absolute atomic E-state index is 0.0470. The summed E-state index contributed by atoms with van der Waals surface area (Å²) >= 11 is 1.52. The molecule has 7 heteroatoms. The molecule has 0 aliphatic rings. The van der Waals surface area contributed by atoms with E-state index in [2.05, 4.69) is 24.0 Å². The van der Waals surface area contributed by atoms with Crippen molar-refractivity contribution < 1.29 is 4.39 Å². The molecule has 2 aromatic heterocycles. The molecule has 0 atom stereocenters. The van der Waals surface area contributed by atoms with Crippen molar-refractivity contribution in [2.24, 2.45) is 5.92 Å². The van der Waals surface area contributed by atoms with Crippen LogP contribution < -0.4 is 5.56 Å². The van der Waals surface area contributed by atoms with E-state index in [-0.39, 0.29) is 11.4 Å². The predicted octanol–water partition coefficient (Wildman–Crippen LogP) is 4.13. The first-order chi connectivity index (χ1) is 13.0. The van der Waals surface area contributed by atoms with E-state index in [0.717, 1.165) is 11.1 Å². The van der Waals surface area contributed by atoms with Gasteiger partial charge in [0.05, 0.1) is 10.9 Å². The number of aromatic nitrogens is 4. The van der Waals surface area contributed by atoms with Crippen molar-refractivity contribution in [3.63, 3.8) is 0 Å². The summed E-state index contributed by atoms with van der Waals surface area (Å²) in [5.41, 5.74) is 1.75. The number of hydrogen-bond acceptors (Lipinski definition) is 4. The van der Waals surface area contributed by atoms with Gasteiger partial charge in [0.15, 0.2) is 5.16 Å². The summed E-state index contributed by atoms with van der Waals surface area (Å²) in [5.74, 6) is 1.24. The lowest BCUT2D eigenvalue weighted by Crippen LogP contribution is -2.25. The summed E-state index contributed by atoms with van der Waals surface area (Å²) in [7, 11) is 0. The summed E-state index contributed by atoms with van der Waals surface area (Å²) in [6, 6.07) is 13.9. The minimum Gasteiger partial charge on any atom is -0.276 e. The van der Waals surface area contributed by atoms with E-state index in [1.54, 1.807) is 16.7 Å². The Morgan fingerprint density at radius 2 is 1.81 bits per heavy atom. The molecule has 0 radical (unpaired) electrons. The second kappa shape index (κ2) is 7.15. The van der Waals surface area contributed by atoms with Gasteiger partial charge in [0, 0.05) is 12.3 Å². The molecule has 2 aromatic carbocycles. The highest BCUT2D eigenvalue weighted by Crippen LogP contribution is 2.25. The fourth-order valence-electron chi connectivity index (χ4n) is 3.09. The predicted molar refractivity (Wildman–Crippen MR) is 106 cm³/mol. The van der Waals surface area contributed by atoms with Gasteiger partial charge in [0.2, 0.25) is 5.78 Å². The van der Waals surface area contributed by atoms with Crippen LogP contribution >= 0.6 is 11.8 Å². The molecule has 0 saturated carbocycles. The van der Waals surface area contributed by atoms with Gasteiger partial charge in [-0.25, -0.2) is 4.39 Å². The molecule has 4 rings (SSSR count). The SMILES string of the molecule is CC(C)Cn1c(=O)c2ccccc2n2c(SCc3ccc(F)cc3)nnc12. The van der Waals surface area contributed by atoms with Gasteiger partial charge in [0.25, 0.3) is 5.56 Å². The summed E-state index contributed by atoms with van der Waals surface area (Å²) < 4.78 is 16.7. The number of fused-ring (bicyclic) bond motifs is 3. The van der Waals surface area contributed by atoms with Gasteiger partial charge < -0.3 is 0 Å². The molecule has 0 spiro atoms. The molecule has 0 amide bonds. The fourth-order valence-corrected chi connectivity index (χ4v) is 3.98. The molecule has 4 aromatic rings. The van der Waals surface area contributed by atoms with E-state index >= 15 is 0 Å². The van der Waals surface area contributed by atoms with Gasteiger partial charge in [-0.1, -0.05) is 49.9 Å². The molecule has 0 aliphatic carbocycles. The Labute approximate surface area is 159 Å². The number of hydrogen-bond donors (Lipinski definition) is 0. The molecule has 0 aliphatic heterocycles. The smallest absolute Gasteiger partial charge is 0.262 e. The van der Waals surface area contributed by atoms with Crippen molar-refractivity contribution in [3.8, 4) is 0 Å². The number of thioether (sulfide) groups is 1. The van der Waals surface area contributed by atoms with Crippen LogP contribution in [0.4, 0.5) is 4.39 Å². The van der Waals surface area contributed by atoms with Crippen molar-refractivity contribution >= 4 is 28.4 Å². The number of benzene rings is 2. The second-order valence-electron chi connectivity index (χ2n) is 6.86. The molecular weight excluding hydrogens is 363 g/mol. The number of rotatable bonds is 5. The van der Waals surface area contributed by atoms with Gasteiger partial charge in [0.1, 0.15) is 5.82 Å². The van der Waals surface area contributed by atoms with Crippen molar-refractivity contribution in [2.45, 2.75) is 31.3 Å². The van der Waals surface area contributed by atoms with Crippen LogP contribution in [0.3, 0.4) is 0 Å². The maximum absolute atomic E-state index is 13.1. The maximum Gasteiger partial charge on any atom is 0.262 e. The van der Waals surface area contributed by atoms with E-state index in [9.17, 15) is 9.18 Å². The van der Waals surface area contributed by atoms with Crippen molar-refractivity contribution in [3.05, 3.63) is 70.3 Å². The van der Waals surface area contributed by atoms with Gasteiger partial charge in [-0.2, -0.15) is 0 Å². The highest BCUT2D eigenvalue weighted by molar-refractivity contribution is 7.98. The van der Waals surface area contributed by atoms with Crippen molar-refractivity contribution in [2.75, 3.05) is 0 Å². The van der Waals surface area contributed by atoms with Crippen LogP contribution in [0.2, 0.25) is 0 Å². The zero-order valence-corrected chi connectivity index (χ0v) is 15.9. The molecule has 27 heavy (non-hydrogen) atoms. The molecule has 5 nitrogen and oxygen atoms in total. The summed E-state index contributed by atoms with van der Waals surface area (Å²) in [6.45, 7) is 4.71. The highest BCUT2D eigenvalue weighted by Gasteiger charge is 2.17. The third-order valence-electron chi connectivity index (χ3n) is 4.31. The minimum atomic E-state index is -0.250. The lowest BCUT2D eigenvalue weighted by atomic mass is 10.2. The van der Waals surface area contributed by atoms with Crippen LogP contribution in [0.1, 0.15) is 19.4 Å². The molecule has 0 saturated heterocycles. The highest BCUT2D eigenvalue weighted by atomic mass is 32.2. The normalized spacial score (nSPS) is 11.7.